The summed E-state index contributed by atoms with van der Waals surface area (Å²) < 4.78 is 0. The van der Waals surface area contributed by atoms with Gasteiger partial charge in [-0.3, -0.25) is 6.08 Å². The summed E-state index contributed by atoms with van der Waals surface area (Å²) in [4.78, 5) is 0. The standard InChI is InChI=1S/C16H23.Y/c1-8-10(3)16-13(6)11(4)15(9-2)12(5)14(16)7;/h9H2,1-7H3;/q-1;. The van der Waals surface area contributed by atoms with Crippen LogP contribution in [0.15, 0.2) is 0 Å². The second-order valence-electron chi connectivity index (χ2n) is 4.58. The van der Waals surface area contributed by atoms with Crippen LogP contribution in [0.25, 0.3) is 5.57 Å². The van der Waals surface area contributed by atoms with Crippen LogP contribution in [0.2, 0.25) is 0 Å². The molecule has 0 aliphatic rings. The quantitative estimate of drug-likeness (QED) is 0.694. The van der Waals surface area contributed by atoms with Crippen LogP contribution in [0.1, 0.15) is 54.2 Å². The first-order valence-corrected chi connectivity index (χ1v) is 6.06. The van der Waals surface area contributed by atoms with E-state index in [1.54, 1.807) is 0 Å². The van der Waals surface area contributed by atoms with E-state index < -0.39 is 0 Å². The molecule has 1 radical (unpaired) electrons. The van der Waals surface area contributed by atoms with Gasteiger partial charge >= 0.3 is 0 Å². The molecule has 0 spiro atoms. The molecule has 1 aromatic carbocycles. The van der Waals surface area contributed by atoms with Crippen molar-refractivity contribution in [2.75, 3.05) is 0 Å². The summed E-state index contributed by atoms with van der Waals surface area (Å²) >= 11 is 0. The van der Waals surface area contributed by atoms with Gasteiger partial charge in [0.25, 0.3) is 0 Å². The van der Waals surface area contributed by atoms with Crippen LogP contribution in [-0.4, -0.2) is 0 Å². The maximum Gasteiger partial charge on any atom is 0 e. The van der Waals surface area contributed by atoms with Crippen LogP contribution in [0.5, 0.6) is 0 Å². The van der Waals surface area contributed by atoms with Gasteiger partial charge in [0, 0.05) is 32.7 Å². The van der Waals surface area contributed by atoms with Gasteiger partial charge in [0.1, 0.15) is 0 Å². The fraction of sp³-hybridized carbons (Fsp3) is 0.500. The van der Waals surface area contributed by atoms with Crippen molar-refractivity contribution in [2.45, 2.75) is 54.9 Å². The van der Waals surface area contributed by atoms with Crippen LogP contribution < -0.4 is 0 Å². The molecular weight excluding hydrogens is 281 g/mol. The zero-order valence-corrected chi connectivity index (χ0v) is 15.1. The van der Waals surface area contributed by atoms with Gasteiger partial charge in [-0.1, -0.05) is 38.8 Å². The minimum absolute atomic E-state index is 0. The Morgan fingerprint density at radius 2 is 1.35 bits per heavy atom. The van der Waals surface area contributed by atoms with Crippen LogP contribution >= 0.6 is 0 Å². The van der Waals surface area contributed by atoms with Gasteiger partial charge in [-0.25, -0.2) is 5.57 Å². The molecule has 1 heteroatoms. The van der Waals surface area contributed by atoms with Crippen molar-refractivity contribution in [1.29, 1.82) is 0 Å². The van der Waals surface area contributed by atoms with E-state index in [1.165, 1.54) is 39.0 Å². The smallest absolute Gasteiger partial charge is 0 e. The predicted molar refractivity (Wildman–Crippen MR) is 72.8 cm³/mol. The Labute approximate surface area is 132 Å². The van der Waals surface area contributed by atoms with Crippen molar-refractivity contribution in [1.82, 2.24) is 0 Å². The third-order valence-electron chi connectivity index (χ3n) is 3.88. The minimum atomic E-state index is 0. The van der Waals surface area contributed by atoms with Crippen molar-refractivity contribution >= 4 is 5.57 Å². The summed E-state index contributed by atoms with van der Waals surface area (Å²) in [5.74, 6) is 0. The van der Waals surface area contributed by atoms with Gasteiger partial charge in [-0.2, -0.15) is 5.56 Å². The van der Waals surface area contributed by atoms with E-state index >= 15 is 0 Å². The molecule has 0 nitrogen and oxygen atoms in total. The summed E-state index contributed by atoms with van der Waals surface area (Å²) in [7, 11) is 0. The SMILES string of the molecule is C[C-]=C(C)c1c(C)c(C)c(CC)c(C)c1C.[Y]. The molecule has 0 saturated carbocycles. The predicted octanol–water partition coefficient (Wildman–Crippen LogP) is 4.71. The number of rotatable bonds is 2. The summed E-state index contributed by atoms with van der Waals surface area (Å²) in [6.07, 6.45) is 4.39. The molecule has 0 fully saturated rings. The molecule has 0 aliphatic carbocycles. The van der Waals surface area contributed by atoms with E-state index in [0.29, 0.717) is 0 Å². The third kappa shape index (κ3) is 3.09. The van der Waals surface area contributed by atoms with Crippen LogP contribution in [0, 0.1) is 33.8 Å². The first kappa shape index (κ1) is 17.1. The van der Waals surface area contributed by atoms with Gasteiger partial charge in [-0.05, 0) is 25.8 Å². The second-order valence-corrected chi connectivity index (χ2v) is 4.58. The Morgan fingerprint density at radius 3 is 1.65 bits per heavy atom. The van der Waals surface area contributed by atoms with E-state index in [0.717, 1.165) is 6.42 Å². The fourth-order valence-corrected chi connectivity index (χ4v) is 2.61. The molecule has 0 amide bonds. The van der Waals surface area contributed by atoms with Crippen molar-refractivity contribution in [3.05, 3.63) is 39.5 Å². The van der Waals surface area contributed by atoms with Gasteiger partial charge in [0.15, 0.2) is 0 Å². The van der Waals surface area contributed by atoms with Crippen LogP contribution in [0.3, 0.4) is 0 Å². The van der Waals surface area contributed by atoms with Gasteiger partial charge < -0.3 is 0 Å². The van der Waals surface area contributed by atoms with E-state index in [9.17, 15) is 0 Å². The Bertz CT molecular complexity index is 410. The largest absolute Gasteiger partial charge is 0.275 e. The zero-order valence-electron chi connectivity index (χ0n) is 12.3. The average Bonchev–Trinajstić information content (AvgIpc) is 2.27. The normalized spacial score (nSPS) is 11.4. The van der Waals surface area contributed by atoms with Gasteiger partial charge in [-0.15, -0.1) is 18.1 Å². The Hall–Kier alpha value is 0.0639. The van der Waals surface area contributed by atoms with E-state index in [4.69, 9.17) is 0 Å². The van der Waals surface area contributed by atoms with Crippen LogP contribution in [0.4, 0.5) is 0 Å². The number of benzene rings is 1. The summed E-state index contributed by atoms with van der Waals surface area (Å²) in [6, 6.07) is 0. The molecule has 1 rings (SSSR count). The van der Waals surface area contributed by atoms with Crippen molar-refractivity contribution < 1.29 is 32.7 Å². The number of hydrogen-bond acceptors (Lipinski definition) is 0. The third-order valence-corrected chi connectivity index (χ3v) is 3.88. The molecule has 0 atom stereocenters. The molecule has 0 saturated heterocycles. The Kier molecular flexibility index (Phi) is 6.88. The minimum Gasteiger partial charge on any atom is -0.275 e. The first-order valence-electron chi connectivity index (χ1n) is 6.06. The zero-order chi connectivity index (χ0) is 12.5. The van der Waals surface area contributed by atoms with Crippen molar-refractivity contribution in [3.8, 4) is 0 Å². The Balaban J connectivity index is 0.00000256. The summed E-state index contributed by atoms with van der Waals surface area (Å²) in [6.45, 7) is 15.3. The fourth-order valence-electron chi connectivity index (χ4n) is 2.61. The van der Waals surface area contributed by atoms with Gasteiger partial charge in [0.05, 0.1) is 0 Å². The molecule has 1 aromatic rings. The first-order chi connectivity index (χ1) is 7.45. The van der Waals surface area contributed by atoms with E-state index in [1.807, 2.05) is 6.92 Å². The average molecular weight is 304 g/mol. The molecule has 0 aliphatic heterocycles. The van der Waals surface area contributed by atoms with E-state index in [2.05, 4.69) is 47.6 Å². The Morgan fingerprint density at radius 1 is 0.941 bits per heavy atom. The number of allylic oxidation sites excluding steroid dienone is 2. The monoisotopic (exact) mass is 304 g/mol. The van der Waals surface area contributed by atoms with E-state index in [-0.39, 0.29) is 32.7 Å². The maximum absolute atomic E-state index is 3.27. The molecule has 0 heterocycles. The molecule has 0 aromatic heterocycles. The van der Waals surface area contributed by atoms with Gasteiger partial charge in [0.2, 0.25) is 0 Å². The van der Waals surface area contributed by atoms with Crippen LogP contribution in [-0.2, 0) is 39.1 Å². The number of hydrogen-bond donors (Lipinski definition) is 0. The second kappa shape index (κ2) is 6.85. The summed E-state index contributed by atoms with van der Waals surface area (Å²) in [5.41, 5.74) is 9.94. The van der Waals surface area contributed by atoms with Crippen molar-refractivity contribution in [2.24, 2.45) is 0 Å². The molecule has 17 heavy (non-hydrogen) atoms. The van der Waals surface area contributed by atoms with Crippen molar-refractivity contribution in [3.63, 3.8) is 0 Å². The maximum atomic E-state index is 3.27. The molecule has 0 unspecified atom stereocenters. The topological polar surface area (TPSA) is 0 Å². The molecule has 91 valence electrons. The molecule has 0 N–H and O–H groups in total. The molecular formula is C16H23Y-. The summed E-state index contributed by atoms with van der Waals surface area (Å²) in [5, 5.41) is 0. The molecule has 0 bridgehead atoms.